The first-order valence-corrected chi connectivity index (χ1v) is 7.79. The minimum atomic E-state index is -0.440. The summed E-state index contributed by atoms with van der Waals surface area (Å²) in [6.45, 7) is 0. The van der Waals surface area contributed by atoms with Crippen LogP contribution in [-0.2, 0) is 0 Å². The van der Waals surface area contributed by atoms with Gasteiger partial charge in [0, 0.05) is 9.92 Å². The highest BCUT2D eigenvalue weighted by molar-refractivity contribution is 7.98. The fourth-order valence-electron chi connectivity index (χ4n) is 2.21. The first-order chi connectivity index (χ1) is 9.10. The molecule has 1 saturated carbocycles. The summed E-state index contributed by atoms with van der Waals surface area (Å²) in [7, 11) is 0. The summed E-state index contributed by atoms with van der Waals surface area (Å²) >= 11 is 7.47. The molecule has 0 heterocycles. The third-order valence-electron chi connectivity index (χ3n) is 3.21. The molecular formula is C13H17ClN2O2S. The molecule has 0 radical (unpaired) electrons. The normalized spacial score (nSPS) is 22.3. The van der Waals surface area contributed by atoms with E-state index in [1.807, 2.05) is 12.3 Å². The highest BCUT2D eigenvalue weighted by Gasteiger charge is 2.26. The topological polar surface area (TPSA) is 61.4 Å². The first kappa shape index (κ1) is 14.5. The fraction of sp³-hybridized carbons (Fsp3) is 0.462. The van der Waals surface area contributed by atoms with Crippen molar-refractivity contribution in [3.8, 4) is 0 Å². The Bertz CT molecular complexity index is 470. The molecule has 2 rings (SSSR count). The van der Waals surface area contributed by atoms with Gasteiger partial charge in [-0.3, -0.25) is 0 Å². The molecule has 3 N–H and O–H groups in total. The second kappa shape index (κ2) is 6.50. The van der Waals surface area contributed by atoms with Crippen LogP contribution < -0.4 is 10.6 Å². The summed E-state index contributed by atoms with van der Waals surface area (Å²) < 4.78 is 0. The Morgan fingerprint density at radius 1 is 1.47 bits per heavy atom. The van der Waals surface area contributed by atoms with Crippen LogP contribution in [0.1, 0.15) is 19.3 Å². The molecule has 0 aromatic heterocycles. The monoisotopic (exact) mass is 300 g/mol. The lowest BCUT2D eigenvalue weighted by Gasteiger charge is -2.17. The molecule has 2 atom stereocenters. The molecule has 19 heavy (non-hydrogen) atoms. The minimum absolute atomic E-state index is 0.156. The molecule has 0 aliphatic heterocycles. The zero-order valence-electron chi connectivity index (χ0n) is 10.6. The average molecular weight is 301 g/mol. The van der Waals surface area contributed by atoms with E-state index in [4.69, 9.17) is 11.6 Å². The van der Waals surface area contributed by atoms with Gasteiger partial charge in [-0.2, -0.15) is 0 Å². The predicted octanol–water partition coefficient (Wildman–Crippen LogP) is 3.10. The summed E-state index contributed by atoms with van der Waals surface area (Å²) in [5, 5.41) is 15.8. The second-order valence-corrected chi connectivity index (χ2v) is 5.83. The number of hydrogen-bond donors (Lipinski definition) is 3. The van der Waals surface area contributed by atoms with Crippen LogP contribution in [0.3, 0.4) is 0 Å². The number of nitrogens with one attached hydrogen (secondary N) is 2. The molecule has 0 bridgehead atoms. The number of amides is 2. The van der Waals surface area contributed by atoms with Gasteiger partial charge in [-0.25, -0.2) is 4.79 Å². The zero-order valence-corrected chi connectivity index (χ0v) is 12.2. The van der Waals surface area contributed by atoms with Crippen molar-refractivity contribution in [2.24, 2.45) is 0 Å². The third kappa shape index (κ3) is 3.78. The molecule has 1 aromatic carbocycles. The molecule has 6 heteroatoms. The number of aliphatic hydroxyl groups is 1. The van der Waals surface area contributed by atoms with Crippen molar-refractivity contribution in [3.63, 3.8) is 0 Å². The van der Waals surface area contributed by atoms with E-state index in [9.17, 15) is 9.90 Å². The third-order valence-corrected chi connectivity index (χ3v) is 4.24. The van der Waals surface area contributed by atoms with Crippen LogP contribution in [0.2, 0.25) is 5.02 Å². The highest BCUT2D eigenvalue weighted by Crippen LogP contribution is 2.28. The van der Waals surface area contributed by atoms with E-state index < -0.39 is 6.10 Å². The van der Waals surface area contributed by atoms with Gasteiger partial charge in [0.1, 0.15) is 0 Å². The number of thioether (sulfide) groups is 1. The van der Waals surface area contributed by atoms with Gasteiger partial charge in [0.15, 0.2) is 0 Å². The van der Waals surface area contributed by atoms with Gasteiger partial charge in [-0.1, -0.05) is 11.6 Å². The van der Waals surface area contributed by atoms with E-state index in [-0.39, 0.29) is 12.1 Å². The van der Waals surface area contributed by atoms with Gasteiger partial charge in [0.2, 0.25) is 0 Å². The predicted molar refractivity (Wildman–Crippen MR) is 79.0 cm³/mol. The van der Waals surface area contributed by atoms with Crippen molar-refractivity contribution in [1.29, 1.82) is 0 Å². The van der Waals surface area contributed by atoms with Crippen molar-refractivity contribution < 1.29 is 9.90 Å². The number of carbonyl (C=O) groups is 1. The van der Waals surface area contributed by atoms with Gasteiger partial charge in [0.25, 0.3) is 0 Å². The van der Waals surface area contributed by atoms with Gasteiger partial charge < -0.3 is 15.7 Å². The van der Waals surface area contributed by atoms with Crippen LogP contribution >= 0.6 is 23.4 Å². The molecule has 0 unspecified atom stereocenters. The number of benzene rings is 1. The number of anilines is 1. The van der Waals surface area contributed by atoms with E-state index in [0.29, 0.717) is 10.7 Å². The van der Waals surface area contributed by atoms with Crippen molar-refractivity contribution in [2.45, 2.75) is 36.3 Å². The van der Waals surface area contributed by atoms with Gasteiger partial charge >= 0.3 is 6.03 Å². The number of aliphatic hydroxyl groups excluding tert-OH is 1. The lowest BCUT2D eigenvalue weighted by Crippen LogP contribution is -2.42. The molecule has 0 spiro atoms. The Balaban J connectivity index is 2.00. The lowest BCUT2D eigenvalue weighted by atomic mass is 10.2. The molecule has 1 aromatic rings. The molecule has 1 aliphatic carbocycles. The quantitative estimate of drug-likeness (QED) is 0.752. The number of carbonyl (C=O) groups excluding carboxylic acids is 1. The molecule has 4 nitrogen and oxygen atoms in total. The summed E-state index contributed by atoms with van der Waals surface area (Å²) in [6.07, 6.45) is 4.01. The van der Waals surface area contributed by atoms with Gasteiger partial charge in [-0.15, -0.1) is 11.8 Å². The summed E-state index contributed by atoms with van der Waals surface area (Å²) in [4.78, 5) is 12.9. The van der Waals surface area contributed by atoms with Crippen LogP contribution in [0.15, 0.2) is 23.1 Å². The average Bonchev–Trinajstić information content (AvgIpc) is 2.75. The molecule has 2 amide bonds. The first-order valence-electron chi connectivity index (χ1n) is 6.19. The molecule has 104 valence electrons. The molecule has 0 saturated heterocycles. The van der Waals surface area contributed by atoms with E-state index in [1.54, 1.807) is 12.1 Å². The summed E-state index contributed by atoms with van der Waals surface area (Å²) in [5.74, 6) is 0. The van der Waals surface area contributed by atoms with E-state index >= 15 is 0 Å². The van der Waals surface area contributed by atoms with Gasteiger partial charge in [-0.05, 0) is 43.7 Å². The molecular weight excluding hydrogens is 284 g/mol. The SMILES string of the molecule is CSc1ccc(Cl)cc1NC(=O)N[C@H]1CCC[C@H]1O. The van der Waals surface area contributed by atoms with Crippen LogP contribution in [0.5, 0.6) is 0 Å². The maximum atomic E-state index is 11.9. The maximum absolute atomic E-state index is 11.9. The minimum Gasteiger partial charge on any atom is -0.391 e. The standard InChI is InChI=1S/C13H17ClN2O2S/c1-19-12-6-5-8(14)7-10(12)16-13(18)15-9-3-2-4-11(9)17/h5-7,9,11,17H,2-4H2,1H3,(H2,15,16,18)/t9-,11+/m0/s1. The largest absolute Gasteiger partial charge is 0.391 e. The Kier molecular flexibility index (Phi) is 4.96. The van der Waals surface area contributed by atoms with Crippen molar-refractivity contribution >= 4 is 35.1 Å². The smallest absolute Gasteiger partial charge is 0.319 e. The second-order valence-electron chi connectivity index (χ2n) is 4.55. The Morgan fingerprint density at radius 2 is 2.26 bits per heavy atom. The number of hydrogen-bond acceptors (Lipinski definition) is 3. The molecule has 1 fully saturated rings. The van der Waals surface area contributed by atoms with Crippen LogP contribution in [0, 0.1) is 0 Å². The van der Waals surface area contributed by atoms with Crippen LogP contribution in [0.4, 0.5) is 10.5 Å². The Hall–Kier alpha value is -0.910. The maximum Gasteiger partial charge on any atom is 0.319 e. The van der Waals surface area contributed by atoms with E-state index in [0.717, 1.165) is 24.2 Å². The highest BCUT2D eigenvalue weighted by atomic mass is 35.5. The number of halogens is 1. The fourth-order valence-corrected chi connectivity index (χ4v) is 2.92. The van der Waals surface area contributed by atoms with Crippen LogP contribution in [0.25, 0.3) is 0 Å². The van der Waals surface area contributed by atoms with Crippen molar-refractivity contribution in [1.82, 2.24) is 5.32 Å². The Labute approximate surface area is 121 Å². The van der Waals surface area contributed by atoms with Gasteiger partial charge in [0.05, 0.1) is 17.8 Å². The number of rotatable bonds is 3. The summed E-state index contributed by atoms with van der Waals surface area (Å²) in [6, 6.07) is 4.92. The summed E-state index contributed by atoms with van der Waals surface area (Å²) in [5.41, 5.74) is 0.685. The van der Waals surface area contributed by atoms with Crippen molar-refractivity contribution in [2.75, 3.05) is 11.6 Å². The lowest BCUT2D eigenvalue weighted by molar-refractivity contribution is 0.151. The zero-order chi connectivity index (χ0) is 13.8. The van der Waals surface area contributed by atoms with E-state index in [2.05, 4.69) is 10.6 Å². The van der Waals surface area contributed by atoms with E-state index in [1.165, 1.54) is 11.8 Å². The Morgan fingerprint density at radius 3 is 2.89 bits per heavy atom. The number of urea groups is 1. The van der Waals surface area contributed by atoms with Crippen molar-refractivity contribution in [3.05, 3.63) is 23.2 Å². The molecule has 1 aliphatic rings. The van der Waals surface area contributed by atoms with Crippen LogP contribution in [-0.4, -0.2) is 29.5 Å².